The van der Waals surface area contributed by atoms with Crippen LogP contribution in [0.25, 0.3) is 22.4 Å². The van der Waals surface area contributed by atoms with Crippen LogP contribution in [0.4, 0.5) is 0 Å². The fourth-order valence-electron chi connectivity index (χ4n) is 3.01. The topological polar surface area (TPSA) is 29.7 Å². The molecule has 0 radical (unpaired) electrons. The van der Waals surface area contributed by atoms with Gasteiger partial charge in [-0.1, -0.05) is 25.5 Å². The summed E-state index contributed by atoms with van der Waals surface area (Å²) in [6, 6.07) is 8.59. The van der Waals surface area contributed by atoms with Gasteiger partial charge in [0.05, 0.1) is 13.2 Å². The third kappa shape index (κ3) is 2.72. The molecule has 0 fully saturated rings. The number of fused-ring (bicyclic) bond motifs is 1. The van der Waals surface area contributed by atoms with E-state index in [0.717, 1.165) is 22.6 Å². The minimum absolute atomic E-state index is 0.408. The lowest BCUT2D eigenvalue weighted by molar-refractivity contribution is -0.636. The SMILES string of the molecule is Cc1cc(C)c(C)c(-c2cnc3ccc(C(C)C)nc3[n+]2C)c1. The molecule has 2 heterocycles. The molecule has 0 aliphatic rings. The molecule has 3 rings (SSSR count). The standard InChI is InChI=1S/C20H24N3/c1-12(2)17-7-8-18-20(22-17)23(6)19(11-21-18)16-10-13(3)9-14(4)15(16)5/h7-12H,1-6H3/q+1. The molecule has 0 spiro atoms. The second kappa shape index (κ2) is 5.73. The molecule has 0 aliphatic carbocycles. The van der Waals surface area contributed by atoms with E-state index in [0.29, 0.717) is 5.92 Å². The first-order valence-corrected chi connectivity index (χ1v) is 8.12. The fourth-order valence-corrected chi connectivity index (χ4v) is 3.01. The molecule has 1 aromatic carbocycles. The fraction of sp³-hybridized carbons (Fsp3) is 0.350. The highest BCUT2D eigenvalue weighted by atomic mass is 15.0. The molecular weight excluding hydrogens is 282 g/mol. The summed E-state index contributed by atoms with van der Waals surface area (Å²) in [7, 11) is 2.08. The van der Waals surface area contributed by atoms with E-state index in [2.05, 4.69) is 75.5 Å². The first-order valence-electron chi connectivity index (χ1n) is 8.12. The summed E-state index contributed by atoms with van der Waals surface area (Å²) in [5.41, 5.74) is 9.19. The Hall–Kier alpha value is -2.29. The van der Waals surface area contributed by atoms with Crippen molar-refractivity contribution >= 4 is 11.2 Å². The minimum Gasteiger partial charge on any atom is -0.244 e. The smallest absolute Gasteiger partial charge is 0.244 e. The van der Waals surface area contributed by atoms with E-state index in [9.17, 15) is 0 Å². The molecule has 0 bridgehead atoms. The highest BCUT2D eigenvalue weighted by Crippen LogP contribution is 2.25. The number of pyridine rings is 1. The van der Waals surface area contributed by atoms with Gasteiger partial charge in [-0.05, 0) is 55.1 Å². The Bertz CT molecular complexity index is 895. The van der Waals surface area contributed by atoms with E-state index in [4.69, 9.17) is 4.98 Å². The monoisotopic (exact) mass is 306 g/mol. The first kappa shape index (κ1) is 15.6. The quantitative estimate of drug-likeness (QED) is 0.665. The van der Waals surface area contributed by atoms with E-state index in [-0.39, 0.29) is 0 Å². The average Bonchev–Trinajstić information content (AvgIpc) is 2.51. The number of hydrogen-bond donors (Lipinski definition) is 0. The van der Waals surface area contributed by atoms with Crippen LogP contribution < -0.4 is 4.57 Å². The predicted molar refractivity (Wildman–Crippen MR) is 94.5 cm³/mol. The summed E-state index contributed by atoms with van der Waals surface area (Å²) in [6.45, 7) is 10.8. The summed E-state index contributed by atoms with van der Waals surface area (Å²) < 4.78 is 2.16. The molecule has 0 atom stereocenters. The molecule has 0 N–H and O–H groups in total. The number of benzene rings is 1. The highest BCUT2D eigenvalue weighted by Gasteiger charge is 2.19. The maximum absolute atomic E-state index is 4.84. The zero-order valence-corrected chi connectivity index (χ0v) is 14.8. The maximum atomic E-state index is 4.84. The Morgan fingerprint density at radius 3 is 2.48 bits per heavy atom. The Balaban J connectivity index is 2.29. The third-order valence-electron chi connectivity index (χ3n) is 4.56. The number of aryl methyl sites for hydroxylation is 3. The summed E-state index contributed by atoms with van der Waals surface area (Å²) >= 11 is 0. The van der Waals surface area contributed by atoms with Crippen molar-refractivity contribution in [1.82, 2.24) is 9.97 Å². The zero-order valence-electron chi connectivity index (χ0n) is 14.8. The molecule has 0 amide bonds. The molecule has 3 heteroatoms. The van der Waals surface area contributed by atoms with Crippen LogP contribution in [0.3, 0.4) is 0 Å². The minimum atomic E-state index is 0.408. The van der Waals surface area contributed by atoms with Gasteiger partial charge in [-0.2, -0.15) is 0 Å². The largest absolute Gasteiger partial charge is 0.349 e. The van der Waals surface area contributed by atoms with Crippen molar-refractivity contribution in [2.75, 3.05) is 0 Å². The van der Waals surface area contributed by atoms with Crippen molar-refractivity contribution in [2.45, 2.75) is 40.5 Å². The van der Waals surface area contributed by atoms with E-state index in [1.54, 1.807) is 0 Å². The zero-order chi connectivity index (χ0) is 16.7. The molecule has 3 nitrogen and oxygen atoms in total. The van der Waals surface area contributed by atoms with Crippen molar-refractivity contribution in [3.05, 3.63) is 52.8 Å². The molecule has 2 aromatic heterocycles. The lowest BCUT2D eigenvalue weighted by atomic mass is 9.98. The number of nitrogens with zero attached hydrogens (tertiary/aromatic N) is 3. The molecule has 0 aliphatic heterocycles. The Labute approximate surface area is 138 Å². The molecule has 118 valence electrons. The van der Waals surface area contributed by atoms with E-state index in [1.165, 1.54) is 22.3 Å². The van der Waals surface area contributed by atoms with Gasteiger partial charge in [0.1, 0.15) is 0 Å². The van der Waals surface area contributed by atoms with Crippen LogP contribution in [0.15, 0.2) is 30.5 Å². The predicted octanol–water partition coefficient (Wildman–Crippen LogP) is 4.17. The van der Waals surface area contributed by atoms with Crippen LogP contribution in [-0.4, -0.2) is 9.97 Å². The summed E-state index contributed by atoms with van der Waals surface area (Å²) in [5.74, 6) is 0.408. The normalized spacial score (nSPS) is 11.4. The third-order valence-corrected chi connectivity index (χ3v) is 4.56. The van der Waals surface area contributed by atoms with Gasteiger partial charge in [0.15, 0.2) is 16.9 Å². The molecule has 3 aromatic rings. The Morgan fingerprint density at radius 2 is 1.78 bits per heavy atom. The highest BCUT2D eigenvalue weighted by molar-refractivity contribution is 5.70. The lowest BCUT2D eigenvalue weighted by Crippen LogP contribution is -2.34. The molecule has 23 heavy (non-hydrogen) atoms. The molecule has 0 unspecified atom stereocenters. The van der Waals surface area contributed by atoms with Gasteiger partial charge in [-0.3, -0.25) is 0 Å². The molecule has 0 saturated heterocycles. The first-order chi connectivity index (χ1) is 10.9. The van der Waals surface area contributed by atoms with Gasteiger partial charge in [-0.15, -0.1) is 0 Å². The van der Waals surface area contributed by atoms with Crippen LogP contribution in [-0.2, 0) is 7.05 Å². The van der Waals surface area contributed by atoms with Crippen LogP contribution >= 0.6 is 0 Å². The van der Waals surface area contributed by atoms with Gasteiger partial charge in [0.25, 0.3) is 0 Å². The van der Waals surface area contributed by atoms with Crippen LogP contribution in [0.1, 0.15) is 42.1 Å². The summed E-state index contributed by atoms with van der Waals surface area (Å²) in [4.78, 5) is 9.47. The van der Waals surface area contributed by atoms with Crippen LogP contribution in [0.2, 0.25) is 0 Å². The summed E-state index contributed by atoms with van der Waals surface area (Å²) in [5, 5.41) is 0. The number of aromatic nitrogens is 3. The second-order valence-corrected chi connectivity index (χ2v) is 6.69. The average molecular weight is 306 g/mol. The van der Waals surface area contributed by atoms with Gasteiger partial charge < -0.3 is 0 Å². The van der Waals surface area contributed by atoms with E-state index < -0.39 is 0 Å². The van der Waals surface area contributed by atoms with Crippen molar-refractivity contribution in [3.8, 4) is 11.3 Å². The van der Waals surface area contributed by atoms with Gasteiger partial charge in [0.2, 0.25) is 0 Å². The lowest BCUT2D eigenvalue weighted by Gasteiger charge is -2.11. The number of rotatable bonds is 2. The van der Waals surface area contributed by atoms with Gasteiger partial charge in [-0.25, -0.2) is 9.55 Å². The van der Waals surface area contributed by atoms with Crippen molar-refractivity contribution < 1.29 is 4.57 Å². The summed E-state index contributed by atoms with van der Waals surface area (Å²) in [6.07, 6.45) is 1.96. The second-order valence-electron chi connectivity index (χ2n) is 6.69. The van der Waals surface area contributed by atoms with Gasteiger partial charge >= 0.3 is 5.65 Å². The Kier molecular flexibility index (Phi) is 3.88. The van der Waals surface area contributed by atoms with Crippen molar-refractivity contribution in [2.24, 2.45) is 7.05 Å². The maximum Gasteiger partial charge on any atom is 0.349 e. The Morgan fingerprint density at radius 1 is 1.04 bits per heavy atom. The van der Waals surface area contributed by atoms with Crippen molar-refractivity contribution in [1.29, 1.82) is 0 Å². The number of hydrogen-bond acceptors (Lipinski definition) is 2. The van der Waals surface area contributed by atoms with Crippen molar-refractivity contribution in [3.63, 3.8) is 0 Å². The van der Waals surface area contributed by atoms with Crippen LogP contribution in [0, 0.1) is 20.8 Å². The van der Waals surface area contributed by atoms with E-state index >= 15 is 0 Å². The molecule has 0 saturated carbocycles. The van der Waals surface area contributed by atoms with E-state index in [1.807, 2.05) is 6.20 Å². The van der Waals surface area contributed by atoms with Crippen LogP contribution in [0.5, 0.6) is 0 Å². The van der Waals surface area contributed by atoms with Gasteiger partial charge in [0, 0.05) is 11.5 Å². The molecular formula is C20H24N3+.